The summed E-state index contributed by atoms with van der Waals surface area (Å²) in [4.78, 5) is 11.3. The smallest absolute Gasteiger partial charge is 0.151 e. The minimum Gasteiger partial charge on any atom is -0.299 e. The highest BCUT2D eigenvalue weighted by Crippen LogP contribution is 2.06. The van der Waals surface area contributed by atoms with Gasteiger partial charge >= 0.3 is 0 Å². The van der Waals surface area contributed by atoms with Crippen LogP contribution in [0.2, 0.25) is 0 Å². The zero-order valence-corrected chi connectivity index (χ0v) is 8.06. The molecule has 0 fully saturated rings. The Balaban J connectivity index is 2.23. The highest BCUT2D eigenvalue weighted by molar-refractivity contribution is 7.07. The quantitative estimate of drug-likeness (QED) is 0.560. The monoisotopic (exact) mass is 193 g/mol. The highest BCUT2D eigenvalue weighted by atomic mass is 32.1. The number of carbonyl (C=O) groups is 1. The molecule has 1 aromatic rings. The van der Waals surface area contributed by atoms with Gasteiger partial charge in [-0.1, -0.05) is 5.92 Å². The average Bonchev–Trinajstić information content (AvgIpc) is 2.57. The zero-order chi connectivity index (χ0) is 9.52. The van der Waals surface area contributed by atoms with E-state index < -0.39 is 0 Å². The third kappa shape index (κ3) is 3.88. The number of terminal acetylenes is 1. The summed E-state index contributed by atoms with van der Waals surface area (Å²) in [5, 5.41) is 6.82. The van der Waals surface area contributed by atoms with Crippen molar-refractivity contribution in [1.29, 1.82) is 0 Å². The van der Waals surface area contributed by atoms with E-state index >= 15 is 0 Å². The lowest BCUT2D eigenvalue weighted by molar-refractivity contribution is -0.117. The van der Waals surface area contributed by atoms with Crippen molar-refractivity contribution in [3.63, 3.8) is 0 Å². The fraction of sp³-hybridized carbons (Fsp3) is 0.300. The van der Waals surface area contributed by atoms with E-state index in [1.54, 1.807) is 11.3 Å². The molecule has 68 valence electrons. The molecule has 2 nitrogen and oxygen atoms in total. The van der Waals surface area contributed by atoms with Crippen molar-refractivity contribution in [3.05, 3.63) is 22.4 Å². The molecule has 1 rings (SSSR count). The molecule has 1 aromatic heterocycles. The van der Waals surface area contributed by atoms with Crippen LogP contribution in [0.15, 0.2) is 16.8 Å². The minimum absolute atomic E-state index is 0.175. The van der Waals surface area contributed by atoms with E-state index in [4.69, 9.17) is 6.42 Å². The van der Waals surface area contributed by atoms with Gasteiger partial charge in [-0.05, 0) is 22.4 Å². The standard InChI is InChI=1S/C10H11NOS/c1-2-4-11-7-10(12)6-9-3-5-13-8-9/h1,3,5,8,11H,4,6-7H2. The lowest BCUT2D eigenvalue weighted by Crippen LogP contribution is -2.24. The average molecular weight is 193 g/mol. The van der Waals surface area contributed by atoms with E-state index in [0.717, 1.165) is 5.56 Å². The van der Waals surface area contributed by atoms with Crippen molar-refractivity contribution in [2.75, 3.05) is 13.1 Å². The summed E-state index contributed by atoms with van der Waals surface area (Å²) >= 11 is 1.60. The summed E-state index contributed by atoms with van der Waals surface area (Å²) < 4.78 is 0. The Morgan fingerprint density at radius 1 is 1.69 bits per heavy atom. The van der Waals surface area contributed by atoms with E-state index in [-0.39, 0.29) is 5.78 Å². The molecule has 0 aliphatic heterocycles. The molecule has 0 spiro atoms. The number of nitrogens with one attached hydrogen (secondary N) is 1. The van der Waals surface area contributed by atoms with Gasteiger partial charge in [-0.3, -0.25) is 10.1 Å². The molecule has 0 aromatic carbocycles. The molecule has 0 unspecified atom stereocenters. The molecule has 0 aliphatic carbocycles. The summed E-state index contributed by atoms with van der Waals surface area (Å²) in [6.07, 6.45) is 5.53. The topological polar surface area (TPSA) is 29.1 Å². The number of hydrogen-bond donors (Lipinski definition) is 1. The molecule has 0 saturated carbocycles. The Kier molecular flexibility index (Phi) is 4.24. The molecule has 3 heteroatoms. The van der Waals surface area contributed by atoms with Gasteiger partial charge in [0.2, 0.25) is 0 Å². The number of rotatable bonds is 5. The van der Waals surface area contributed by atoms with Crippen molar-refractivity contribution in [2.45, 2.75) is 6.42 Å². The predicted molar refractivity (Wildman–Crippen MR) is 54.7 cm³/mol. The highest BCUT2D eigenvalue weighted by Gasteiger charge is 2.02. The van der Waals surface area contributed by atoms with Crippen molar-refractivity contribution in [2.24, 2.45) is 0 Å². The molecule has 13 heavy (non-hydrogen) atoms. The molecule has 0 aliphatic rings. The first kappa shape index (κ1) is 9.97. The van der Waals surface area contributed by atoms with Gasteiger partial charge in [0.1, 0.15) is 0 Å². The maximum atomic E-state index is 11.3. The van der Waals surface area contributed by atoms with Gasteiger partial charge in [0, 0.05) is 6.42 Å². The van der Waals surface area contributed by atoms with Crippen LogP contribution < -0.4 is 5.32 Å². The maximum Gasteiger partial charge on any atom is 0.151 e. The van der Waals surface area contributed by atoms with E-state index in [2.05, 4.69) is 11.2 Å². The lowest BCUT2D eigenvalue weighted by atomic mass is 10.2. The van der Waals surface area contributed by atoms with Gasteiger partial charge in [-0.15, -0.1) is 6.42 Å². The van der Waals surface area contributed by atoms with Crippen molar-refractivity contribution in [1.82, 2.24) is 5.32 Å². The second-order valence-electron chi connectivity index (χ2n) is 2.65. The molecule has 0 saturated heterocycles. The van der Waals surface area contributed by atoms with Gasteiger partial charge < -0.3 is 0 Å². The van der Waals surface area contributed by atoms with Crippen LogP contribution >= 0.6 is 11.3 Å². The third-order valence-electron chi connectivity index (χ3n) is 1.53. The maximum absolute atomic E-state index is 11.3. The Morgan fingerprint density at radius 3 is 3.15 bits per heavy atom. The number of hydrogen-bond acceptors (Lipinski definition) is 3. The van der Waals surface area contributed by atoms with E-state index in [9.17, 15) is 4.79 Å². The SMILES string of the molecule is C#CCNCC(=O)Cc1ccsc1. The number of carbonyl (C=O) groups excluding carboxylic acids is 1. The van der Waals surface area contributed by atoms with Crippen LogP contribution in [0.4, 0.5) is 0 Å². The molecule has 0 amide bonds. The van der Waals surface area contributed by atoms with Crippen LogP contribution in [0.1, 0.15) is 5.56 Å². The van der Waals surface area contributed by atoms with Gasteiger partial charge in [0.25, 0.3) is 0 Å². The Hall–Kier alpha value is -1.11. The van der Waals surface area contributed by atoms with E-state index in [1.165, 1.54) is 0 Å². The van der Waals surface area contributed by atoms with Gasteiger partial charge in [0.15, 0.2) is 5.78 Å². The van der Waals surface area contributed by atoms with Crippen molar-refractivity contribution < 1.29 is 4.79 Å². The number of thiophene rings is 1. The summed E-state index contributed by atoms with van der Waals surface area (Å²) in [5.74, 6) is 2.60. The van der Waals surface area contributed by atoms with Gasteiger partial charge in [-0.25, -0.2) is 0 Å². The first-order valence-corrected chi connectivity index (χ1v) is 4.94. The second-order valence-corrected chi connectivity index (χ2v) is 3.43. The molecule has 0 bridgehead atoms. The van der Waals surface area contributed by atoms with Crippen molar-refractivity contribution >= 4 is 17.1 Å². The van der Waals surface area contributed by atoms with E-state index in [1.807, 2.05) is 16.8 Å². The van der Waals surface area contributed by atoms with Gasteiger partial charge in [-0.2, -0.15) is 11.3 Å². The Morgan fingerprint density at radius 2 is 2.54 bits per heavy atom. The lowest BCUT2D eigenvalue weighted by Gasteiger charge is -1.98. The van der Waals surface area contributed by atoms with Crippen LogP contribution in [0.25, 0.3) is 0 Å². The van der Waals surface area contributed by atoms with Crippen LogP contribution in [0, 0.1) is 12.3 Å². The third-order valence-corrected chi connectivity index (χ3v) is 2.26. The van der Waals surface area contributed by atoms with E-state index in [0.29, 0.717) is 19.5 Å². The first-order valence-electron chi connectivity index (χ1n) is 4.00. The van der Waals surface area contributed by atoms with Crippen LogP contribution in [0.3, 0.4) is 0 Å². The molecule has 0 atom stereocenters. The van der Waals surface area contributed by atoms with Crippen LogP contribution in [-0.4, -0.2) is 18.9 Å². The zero-order valence-electron chi connectivity index (χ0n) is 7.25. The molecule has 1 heterocycles. The number of Topliss-reactive ketones (excluding diaryl/α,β-unsaturated/α-hetero) is 1. The second kappa shape index (κ2) is 5.52. The predicted octanol–water partition coefficient (Wildman–Crippen LogP) is 1.08. The molecular formula is C10H11NOS. The van der Waals surface area contributed by atoms with Gasteiger partial charge in [0.05, 0.1) is 13.1 Å². The minimum atomic E-state index is 0.175. The van der Waals surface area contributed by atoms with Crippen LogP contribution in [0.5, 0.6) is 0 Å². The largest absolute Gasteiger partial charge is 0.299 e. The Labute approximate surface area is 82.0 Å². The summed E-state index contributed by atoms with van der Waals surface area (Å²) in [6.45, 7) is 0.815. The summed E-state index contributed by atoms with van der Waals surface area (Å²) in [6, 6.07) is 1.96. The first-order chi connectivity index (χ1) is 6.33. The van der Waals surface area contributed by atoms with Crippen molar-refractivity contribution in [3.8, 4) is 12.3 Å². The normalized spacial score (nSPS) is 9.46. The fourth-order valence-corrected chi connectivity index (χ4v) is 1.63. The summed E-state index contributed by atoms with van der Waals surface area (Å²) in [7, 11) is 0. The molecule has 1 N–H and O–H groups in total. The molecule has 0 radical (unpaired) electrons. The Bertz CT molecular complexity index is 297. The fourth-order valence-electron chi connectivity index (χ4n) is 0.957. The number of ketones is 1. The molecular weight excluding hydrogens is 182 g/mol. The van der Waals surface area contributed by atoms with Crippen LogP contribution in [-0.2, 0) is 11.2 Å². The summed E-state index contributed by atoms with van der Waals surface area (Å²) in [5.41, 5.74) is 1.08.